The van der Waals surface area contributed by atoms with E-state index in [2.05, 4.69) is 0 Å². The zero-order chi connectivity index (χ0) is 19.5. The van der Waals surface area contributed by atoms with Gasteiger partial charge in [0.05, 0.1) is 12.1 Å². The Hall–Kier alpha value is -3.40. The second-order valence-corrected chi connectivity index (χ2v) is 6.89. The number of cyclic esters (lactones) is 1. The van der Waals surface area contributed by atoms with Gasteiger partial charge in [0.2, 0.25) is 0 Å². The number of esters is 1. The van der Waals surface area contributed by atoms with Crippen LogP contribution in [0.4, 0.5) is 0 Å². The summed E-state index contributed by atoms with van der Waals surface area (Å²) >= 11 is 0. The van der Waals surface area contributed by atoms with E-state index in [0.717, 1.165) is 16.7 Å². The van der Waals surface area contributed by atoms with E-state index in [9.17, 15) is 9.59 Å². The van der Waals surface area contributed by atoms with Crippen molar-refractivity contribution in [3.63, 3.8) is 0 Å². The first-order valence-electron chi connectivity index (χ1n) is 9.35. The van der Waals surface area contributed by atoms with Crippen LogP contribution in [-0.4, -0.2) is 16.8 Å². The molecular weight excluding hydrogens is 350 g/mol. The zero-order valence-corrected chi connectivity index (χ0v) is 15.6. The first-order valence-corrected chi connectivity index (χ1v) is 9.35. The number of ether oxygens (including phenoxy) is 1. The second-order valence-electron chi connectivity index (χ2n) is 6.89. The van der Waals surface area contributed by atoms with Crippen molar-refractivity contribution >= 4 is 11.9 Å². The SMILES string of the molecule is C[C@H](c1ccccc1)N1C(=O)C(=O)O[C@H](c2ccccc2)[C@@H]1c1ccccc1. The Labute approximate surface area is 164 Å². The summed E-state index contributed by atoms with van der Waals surface area (Å²) < 4.78 is 5.64. The molecule has 1 saturated heterocycles. The van der Waals surface area contributed by atoms with Crippen LogP contribution in [0.5, 0.6) is 0 Å². The lowest BCUT2D eigenvalue weighted by Crippen LogP contribution is -2.49. The summed E-state index contributed by atoms with van der Waals surface area (Å²) in [5.41, 5.74) is 2.76. The molecule has 0 spiro atoms. The first-order chi connectivity index (χ1) is 13.7. The number of benzene rings is 3. The number of hydrogen-bond donors (Lipinski definition) is 0. The monoisotopic (exact) mass is 371 g/mol. The van der Waals surface area contributed by atoms with E-state index in [0.29, 0.717) is 0 Å². The Morgan fingerprint density at radius 3 is 1.82 bits per heavy atom. The summed E-state index contributed by atoms with van der Waals surface area (Å²) in [4.78, 5) is 27.1. The van der Waals surface area contributed by atoms with Gasteiger partial charge in [-0.15, -0.1) is 0 Å². The van der Waals surface area contributed by atoms with Crippen LogP contribution in [0.2, 0.25) is 0 Å². The lowest BCUT2D eigenvalue weighted by Gasteiger charge is -2.43. The standard InChI is InChI=1S/C24H21NO3/c1-17(18-11-5-2-6-12-18)25-21(19-13-7-3-8-14-19)22(28-24(27)23(25)26)20-15-9-4-10-16-20/h2-17,21-22H,1H3/t17-,21+,22-/m1/s1. The molecule has 1 heterocycles. The molecule has 0 saturated carbocycles. The maximum atomic E-state index is 13.0. The van der Waals surface area contributed by atoms with Crippen LogP contribution in [0.1, 0.15) is 41.8 Å². The van der Waals surface area contributed by atoms with Crippen molar-refractivity contribution in [1.82, 2.24) is 4.90 Å². The minimum absolute atomic E-state index is 0.280. The summed E-state index contributed by atoms with van der Waals surface area (Å²) in [5, 5.41) is 0. The van der Waals surface area contributed by atoms with Crippen molar-refractivity contribution in [2.75, 3.05) is 0 Å². The van der Waals surface area contributed by atoms with Crippen LogP contribution >= 0.6 is 0 Å². The van der Waals surface area contributed by atoms with E-state index in [-0.39, 0.29) is 6.04 Å². The van der Waals surface area contributed by atoms with Crippen molar-refractivity contribution in [3.05, 3.63) is 108 Å². The molecule has 4 nitrogen and oxygen atoms in total. The van der Waals surface area contributed by atoms with Gasteiger partial charge in [-0.05, 0) is 23.6 Å². The van der Waals surface area contributed by atoms with Crippen LogP contribution in [0.3, 0.4) is 0 Å². The number of hydrogen-bond acceptors (Lipinski definition) is 3. The normalized spacial score (nSPS) is 20.5. The Morgan fingerprint density at radius 2 is 1.25 bits per heavy atom. The van der Waals surface area contributed by atoms with Gasteiger partial charge in [0, 0.05) is 0 Å². The van der Waals surface area contributed by atoms with Gasteiger partial charge in [0.25, 0.3) is 0 Å². The fourth-order valence-electron chi connectivity index (χ4n) is 3.80. The maximum Gasteiger partial charge on any atom is 0.397 e. The molecule has 3 atom stereocenters. The lowest BCUT2D eigenvalue weighted by molar-refractivity contribution is -0.182. The summed E-state index contributed by atoms with van der Waals surface area (Å²) in [6.45, 7) is 1.95. The van der Waals surface area contributed by atoms with Crippen LogP contribution in [0.25, 0.3) is 0 Å². The molecule has 1 aliphatic heterocycles. The van der Waals surface area contributed by atoms with Gasteiger partial charge < -0.3 is 9.64 Å². The highest BCUT2D eigenvalue weighted by molar-refractivity contribution is 6.33. The molecule has 1 fully saturated rings. The predicted octanol–water partition coefficient (Wildman–Crippen LogP) is 4.62. The van der Waals surface area contributed by atoms with Crippen molar-refractivity contribution in [2.45, 2.75) is 25.1 Å². The van der Waals surface area contributed by atoms with E-state index in [1.807, 2.05) is 97.9 Å². The number of carbonyl (C=O) groups is 2. The highest BCUT2D eigenvalue weighted by atomic mass is 16.6. The van der Waals surface area contributed by atoms with Crippen molar-refractivity contribution < 1.29 is 14.3 Å². The third kappa shape index (κ3) is 3.29. The number of amides is 1. The van der Waals surface area contributed by atoms with Crippen LogP contribution in [0, 0.1) is 0 Å². The number of morpholine rings is 1. The van der Waals surface area contributed by atoms with E-state index >= 15 is 0 Å². The molecule has 1 aliphatic rings. The average Bonchev–Trinajstić information content (AvgIpc) is 2.76. The van der Waals surface area contributed by atoms with Gasteiger partial charge in [-0.3, -0.25) is 4.79 Å². The summed E-state index contributed by atoms with van der Waals surface area (Å²) in [5.74, 6) is -1.43. The Balaban J connectivity index is 1.84. The minimum Gasteiger partial charge on any atom is -0.448 e. The molecule has 4 rings (SSSR count). The number of rotatable bonds is 4. The van der Waals surface area contributed by atoms with Crippen LogP contribution < -0.4 is 0 Å². The molecule has 3 aromatic carbocycles. The van der Waals surface area contributed by atoms with Gasteiger partial charge in [-0.25, -0.2) is 4.79 Å². The quantitative estimate of drug-likeness (QED) is 0.497. The van der Waals surface area contributed by atoms with Gasteiger partial charge in [0.1, 0.15) is 0 Å². The predicted molar refractivity (Wildman–Crippen MR) is 106 cm³/mol. The second kappa shape index (κ2) is 7.69. The first kappa shape index (κ1) is 18.0. The van der Waals surface area contributed by atoms with Gasteiger partial charge in [0.15, 0.2) is 6.10 Å². The Bertz CT molecular complexity index is 957. The fourth-order valence-corrected chi connectivity index (χ4v) is 3.80. The summed E-state index contributed by atoms with van der Waals surface area (Å²) in [6.07, 6.45) is -0.569. The van der Waals surface area contributed by atoms with Crippen molar-refractivity contribution in [2.24, 2.45) is 0 Å². The van der Waals surface area contributed by atoms with Crippen LogP contribution in [-0.2, 0) is 14.3 Å². The molecule has 0 aliphatic carbocycles. The van der Waals surface area contributed by atoms with E-state index in [4.69, 9.17) is 4.74 Å². The molecule has 1 amide bonds. The molecule has 0 N–H and O–H groups in total. The zero-order valence-electron chi connectivity index (χ0n) is 15.6. The van der Waals surface area contributed by atoms with Crippen molar-refractivity contribution in [3.8, 4) is 0 Å². The molecule has 3 aromatic rings. The molecule has 140 valence electrons. The highest BCUT2D eigenvalue weighted by Crippen LogP contribution is 2.44. The highest BCUT2D eigenvalue weighted by Gasteiger charge is 2.46. The lowest BCUT2D eigenvalue weighted by atomic mass is 9.90. The van der Waals surface area contributed by atoms with E-state index in [1.165, 1.54) is 0 Å². The number of nitrogens with zero attached hydrogens (tertiary/aromatic N) is 1. The third-order valence-electron chi connectivity index (χ3n) is 5.20. The minimum atomic E-state index is -0.816. The molecular formula is C24H21NO3. The average molecular weight is 371 g/mol. The van der Waals surface area contributed by atoms with E-state index in [1.54, 1.807) is 4.90 Å². The Morgan fingerprint density at radius 1 is 0.750 bits per heavy atom. The van der Waals surface area contributed by atoms with E-state index < -0.39 is 24.0 Å². The summed E-state index contributed by atoms with van der Waals surface area (Å²) in [7, 11) is 0. The molecule has 0 aromatic heterocycles. The summed E-state index contributed by atoms with van der Waals surface area (Å²) in [6, 6.07) is 28.4. The third-order valence-corrected chi connectivity index (χ3v) is 5.20. The topological polar surface area (TPSA) is 46.6 Å². The molecule has 4 heteroatoms. The number of carbonyl (C=O) groups excluding carboxylic acids is 2. The van der Waals surface area contributed by atoms with Gasteiger partial charge >= 0.3 is 11.9 Å². The van der Waals surface area contributed by atoms with Crippen LogP contribution in [0.15, 0.2) is 91.0 Å². The Kier molecular flexibility index (Phi) is 4.94. The fraction of sp³-hybridized carbons (Fsp3) is 0.167. The molecule has 28 heavy (non-hydrogen) atoms. The molecule has 0 bridgehead atoms. The van der Waals surface area contributed by atoms with Crippen molar-refractivity contribution in [1.29, 1.82) is 0 Å². The molecule has 0 radical (unpaired) electrons. The largest absolute Gasteiger partial charge is 0.448 e. The van der Waals surface area contributed by atoms with Gasteiger partial charge in [-0.1, -0.05) is 91.0 Å². The smallest absolute Gasteiger partial charge is 0.397 e. The van der Waals surface area contributed by atoms with Gasteiger partial charge in [-0.2, -0.15) is 0 Å². The maximum absolute atomic E-state index is 13.0. The molecule has 0 unspecified atom stereocenters.